The molecule has 0 saturated heterocycles. The molecule has 200 valence electrons. The van der Waals surface area contributed by atoms with Gasteiger partial charge in [-0.25, -0.2) is 9.59 Å². The van der Waals surface area contributed by atoms with Crippen molar-refractivity contribution in [1.82, 2.24) is 10.6 Å². The second-order valence-electron chi connectivity index (χ2n) is 10.2. The number of benzene rings is 2. The largest absolute Gasteiger partial charge is 0.478 e. The van der Waals surface area contributed by atoms with Crippen LogP contribution in [-0.4, -0.2) is 70.2 Å². The zero-order chi connectivity index (χ0) is 28.0. The first-order valence-corrected chi connectivity index (χ1v) is 18.3. The first-order chi connectivity index (χ1) is 17.2. The summed E-state index contributed by atoms with van der Waals surface area (Å²) >= 11 is 0. The van der Waals surface area contributed by atoms with Crippen LogP contribution in [0.5, 0.6) is 0 Å². The Bertz CT molecular complexity index is 1200. The average Bonchev–Trinajstić information content (AvgIpc) is 2.79. The maximum absolute atomic E-state index is 13.0. The van der Waals surface area contributed by atoms with E-state index in [1.807, 2.05) is 7.05 Å². The number of carbonyl (C=O) groups excluding carboxylic acids is 2. The van der Waals surface area contributed by atoms with Gasteiger partial charge in [-0.3, -0.25) is 9.59 Å². The topological polar surface area (TPSA) is 142 Å². The van der Waals surface area contributed by atoms with Gasteiger partial charge in [0.25, 0.3) is 5.91 Å². The Morgan fingerprint density at radius 2 is 1.32 bits per heavy atom. The van der Waals surface area contributed by atoms with Crippen molar-refractivity contribution >= 4 is 40.3 Å². The normalized spacial score (nSPS) is 11.7. The first-order valence-electron chi connectivity index (χ1n) is 12.1. The van der Waals surface area contributed by atoms with Crippen molar-refractivity contribution in [3.05, 3.63) is 58.7 Å². The smallest absolute Gasteiger partial charge is 0.336 e. The Kier molecular flexibility index (Phi) is 10.1. The highest BCUT2D eigenvalue weighted by Crippen LogP contribution is 2.26. The molecule has 2 aromatic carbocycles. The van der Waals surface area contributed by atoms with Gasteiger partial charge in [-0.15, -0.1) is 0 Å². The van der Waals surface area contributed by atoms with Crippen LogP contribution < -0.4 is 10.6 Å². The maximum Gasteiger partial charge on any atom is 0.336 e. The molecule has 0 aliphatic rings. The quantitative estimate of drug-likeness (QED) is 0.166. The average molecular weight is 545 g/mol. The summed E-state index contributed by atoms with van der Waals surface area (Å²) in [6.45, 7) is 10.3. The summed E-state index contributed by atoms with van der Waals surface area (Å²) in [7, 11) is -1.83. The van der Waals surface area contributed by atoms with Gasteiger partial charge in [0.15, 0.2) is 22.4 Å². The molecule has 0 heterocycles. The van der Waals surface area contributed by atoms with E-state index in [1.165, 1.54) is 43.3 Å². The molecule has 37 heavy (non-hydrogen) atoms. The molecular formula is C26H36N2O7Si2. The molecular weight excluding hydrogens is 508 g/mol. The van der Waals surface area contributed by atoms with Gasteiger partial charge in [0.1, 0.15) is 0 Å². The van der Waals surface area contributed by atoms with Gasteiger partial charge in [0.2, 0.25) is 0 Å². The van der Waals surface area contributed by atoms with Crippen molar-refractivity contribution < 1.29 is 33.5 Å². The first kappa shape index (κ1) is 30.1. The summed E-state index contributed by atoms with van der Waals surface area (Å²) in [5, 5.41) is 25.0. The van der Waals surface area contributed by atoms with E-state index in [-0.39, 0.29) is 22.3 Å². The van der Waals surface area contributed by atoms with Crippen LogP contribution >= 0.6 is 0 Å². The van der Waals surface area contributed by atoms with Crippen LogP contribution in [0.1, 0.15) is 54.8 Å². The standard InChI is InChI=1S/C26H36N2O7Si2/c1-17(29)22-14-18(8-10-20(22)25(31)32)19-9-11-21(26(33)34)23(15-19)24(30)28-12-7-13-36(3,4)35-37(5,6)16-27-2/h8-11,14-15,27H,7,12-13,16H2,1-6H3,(H,28,30)(H,31,32)(H,33,34). The minimum atomic E-state index is -1.93. The van der Waals surface area contributed by atoms with E-state index >= 15 is 0 Å². The highest BCUT2D eigenvalue weighted by atomic mass is 28.4. The van der Waals surface area contributed by atoms with E-state index in [0.717, 1.165) is 12.2 Å². The molecule has 0 fully saturated rings. The Morgan fingerprint density at radius 1 is 0.811 bits per heavy atom. The second-order valence-corrected chi connectivity index (χ2v) is 18.9. The molecule has 1 amide bonds. The second kappa shape index (κ2) is 12.4. The third kappa shape index (κ3) is 8.46. The third-order valence-electron chi connectivity index (χ3n) is 5.85. The van der Waals surface area contributed by atoms with Gasteiger partial charge in [-0.2, -0.15) is 0 Å². The molecule has 0 atom stereocenters. The Balaban J connectivity index is 2.21. The number of nitrogens with one attached hydrogen (secondary N) is 2. The number of rotatable bonds is 13. The molecule has 0 aliphatic carbocycles. The lowest BCUT2D eigenvalue weighted by atomic mass is 9.94. The number of amides is 1. The molecule has 0 saturated carbocycles. The van der Waals surface area contributed by atoms with E-state index in [4.69, 9.17) is 4.12 Å². The number of carboxylic acids is 2. The van der Waals surface area contributed by atoms with Gasteiger partial charge >= 0.3 is 11.9 Å². The molecule has 9 nitrogen and oxygen atoms in total. The minimum Gasteiger partial charge on any atom is -0.478 e. The Morgan fingerprint density at radius 3 is 1.81 bits per heavy atom. The van der Waals surface area contributed by atoms with Crippen molar-refractivity contribution in [3.8, 4) is 11.1 Å². The lowest BCUT2D eigenvalue weighted by Crippen LogP contribution is -2.50. The van der Waals surface area contributed by atoms with Crippen LogP contribution in [-0.2, 0) is 4.12 Å². The van der Waals surface area contributed by atoms with Crippen molar-refractivity contribution in [2.75, 3.05) is 19.8 Å². The molecule has 11 heteroatoms. The van der Waals surface area contributed by atoms with Crippen molar-refractivity contribution in [2.24, 2.45) is 0 Å². The highest BCUT2D eigenvalue weighted by molar-refractivity contribution is 6.84. The lowest BCUT2D eigenvalue weighted by molar-refractivity contribution is 0.0683. The lowest BCUT2D eigenvalue weighted by Gasteiger charge is -2.34. The molecule has 2 rings (SSSR count). The summed E-state index contributed by atoms with van der Waals surface area (Å²) in [5.74, 6) is -3.38. The minimum absolute atomic E-state index is 0.00741. The molecule has 4 N–H and O–H groups in total. The van der Waals surface area contributed by atoms with E-state index < -0.39 is 40.3 Å². The van der Waals surface area contributed by atoms with Crippen LogP contribution in [0.2, 0.25) is 32.2 Å². The molecule has 0 unspecified atom stereocenters. The number of aromatic carboxylic acids is 2. The summed E-state index contributed by atoms with van der Waals surface area (Å²) in [5.41, 5.74) is 0.754. The van der Waals surface area contributed by atoms with Crippen LogP contribution in [0.4, 0.5) is 0 Å². The number of ketones is 1. The molecule has 0 aromatic heterocycles. The van der Waals surface area contributed by atoms with Crippen molar-refractivity contribution in [2.45, 2.75) is 45.6 Å². The highest BCUT2D eigenvalue weighted by Gasteiger charge is 2.32. The fourth-order valence-corrected chi connectivity index (χ4v) is 12.9. The van der Waals surface area contributed by atoms with E-state index in [0.29, 0.717) is 24.1 Å². The van der Waals surface area contributed by atoms with Crippen molar-refractivity contribution in [1.29, 1.82) is 0 Å². The SMILES string of the molecule is CNC[Si](C)(C)O[Si](C)(C)CCCNC(=O)c1cc(-c2ccc(C(=O)O)c(C(C)=O)c2)ccc1C(=O)O. The fraction of sp³-hybridized carbons (Fsp3) is 0.385. The molecule has 0 radical (unpaired) electrons. The molecule has 2 aromatic rings. The van der Waals surface area contributed by atoms with E-state index in [1.54, 1.807) is 0 Å². The van der Waals surface area contributed by atoms with Gasteiger partial charge in [0, 0.05) is 18.3 Å². The third-order valence-corrected chi connectivity index (χ3v) is 13.0. The number of Topliss-reactive ketones (excluding diaryl/α,β-unsaturated/α-hetero) is 1. The number of carboxylic acid groups (broad SMARTS) is 2. The maximum atomic E-state index is 13.0. The van der Waals surface area contributed by atoms with Crippen LogP contribution in [0.25, 0.3) is 11.1 Å². The van der Waals surface area contributed by atoms with Crippen LogP contribution in [0, 0.1) is 0 Å². The van der Waals surface area contributed by atoms with Gasteiger partial charge < -0.3 is 25.0 Å². The van der Waals surface area contributed by atoms with Crippen LogP contribution in [0.3, 0.4) is 0 Å². The number of hydrogen-bond acceptors (Lipinski definition) is 6. The summed E-state index contributed by atoms with van der Waals surface area (Å²) in [6, 6.07) is 9.46. The van der Waals surface area contributed by atoms with Gasteiger partial charge in [0.05, 0.1) is 16.7 Å². The summed E-state index contributed by atoms with van der Waals surface area (Å²) < 4.78 is 6.49. The Labute approximate surface area is 219 Å². The zero-order valence-electron chi connectivity index (χ0n) is 22.2. The number of carbonyl (C=O) groups is 4. The van der Waals surface area contributed by atoms with Gasteiger partial charge in [-0.1, -0.05) is 12.1 Å². The van der Waals surface area contributed by atoms with Crippen molar-refractivity contribution in [3.63, 3.8) is 0 Å². The summed E-state index contributed by atoms with van der Waals surface area (Å²) in [4.78, 5) is 48.2. The van der Waals surface area contributed by atoms with Gasteiger partial charge in [-0.05, 0) is 88.0 Å². The summed E-state index contributed by atoms with van der Waals surface area (Å²) in [6.07, 6.45) is 1.57. The predicted molar refractivity (Wildman–Crippen MR) is 148 cm³/mol. The zero-order valence-corrected chi connectivity index (χ0v) is 24.2. The Hall–Kier alpha value is -3.13. The molecule has 0 bridgehead atoms. The monoisotopic (exact) mass is 544 g/mol. The van der Waals surface area contributed by atoms with E-state index in [2.05, 4.69) is 36.8 Å². The van der Waals surface area contributed by atoms with Crippen LogP contribution in [0.15, 0.2) is 36.4 Å². The predicted octanol–water partition coefficient (Wildman–Crippen LogP) is 4.26. The molecule has 0 spiro atoms. The molecule has 0 aliphatic heterocycles. The number of hydrogen-bond donors (Lipinski definition) is 4. The van der Waals surface area contributed by atoms with E-state index in [9.17, 15) is 29.4 Å². The fourth-order valence-electron chi connectivity index (χ4n) is 4.37.